The Hall–Kier alpha value is -0.900. The Kier molecular flexibility index (Phi) is 3.82. The molecule has 1 radical (unpaired) electrons. The first-order valence-corrected chi connectivity index (χ1v) is 6.08. The van der Waals surface area contributed by atoms with E-state index in [1.165, 1.54) is 5.56 Å². The summed E-state index contributed by atoms with van der Waals surface area (Å²) in [4.78, 5) is 0. The highest BCUT2D eigenvalue weighted by Gasteiger charge is 2.40. The fourth-order valence-electron chi connectivity index (χ4n) is 2.29. The highest BCUT2D eigenvalue weighted by atomic mass is 16.7. The van der Waals surface area contributed by atoms with Gasteiger partial charge in [0.05, 0.1) is 18.8 Å². The van der Waals surface area contributed by atoms with E-state index >= 15 is 0 Å². The zero-order valence-corrected chi connectivity index (χ0v) is 10.4. The number of ether oxygens (including phenoxy) is 2. The van der Waals surface area contributed by atoms with Gasteiger partial charge in [-0.1, -0.05) is 30.3 Å². The van der Waals surface area contributed by atoms with E-state index in [0.717, 1.165) is 6.42 Å². The van der Waals surface area contributed by atoms with Gasteiger partial charge in [-0.2, -0.15) is 0 Å². The lowest BCUT2D eigenvalue weighted by atomic mass is 10.0. The van der Waals surface area contributed by atoms with Gasteiger partial charge in [-0.3, -0.25) is 0 Å². The molecule has 3 nitrogen and oxygen atoms in total. The lowest BCUT2D eigenvalue weighted by Gasteiger charge is -2.16. The lowest BCUT2D eigenvalue weighted by molar-refractivity contribution is -0.147. The van der Waals surface area contributed by atoms with E-state index in [9.17, 15) is 5.11 Å². The van der Waals surface area contributed by atoms with Crippen molar-refractivity contribution >= 4 is 0 Å². The summed E-state index contributed by atoms with van der Waals surface area (Å²) in [5.41, 5.74) is 1.22. The summed E-state index contributed by atoms with van der Waals surface area (Å²) in [5, 5.41) is 10.8. The maximum Gasteiger partial charge on any atom is 0.163 e. The maximum atomic E-state index is 10.8. The summed E-state index contributed by atoms with van der Waals surface area (Å²) in [6, 6.07) is 10.2. The van der Waals surface area contributed by atoms with Crippen molar-refractivity contribution in [1.82, 2.24) is 0 Å². The van der Waals surface area contributed by atoms with Crippen molar-refractivity contribution in [3.05, 3.63) is 35.9 Å². The van der Waals surface area contributed by atoms with Gasteiger partial charge < -0.3 is 9.47 Å². The molecule has 0 spiro atoms. The molecule has 1 fully saturated rings. The van der Waals surface area contributed by atoms with Crippen LogP contribution < -0.4 is 0 Å². The van der Waals surface area contributed by atoms with Gasteiger partial charge >= 0.3 is 0 Å². The number of hydrogen-bond donors (Lipinski definition) is 0. The molecular weight excluding hydrogens is 216 g/mol. The Morgan fingerprint density at radius 2 is 1.76 bits per heavy atom. The molecule has 0 bridgehead atoms. The molecule has 0 N–H and O–H groups in total. The summed E-state index contributed by atoms with van der Waals surface area (Å²) in [6.07, 6.45) is 1.22. The van der Waals surface area contributed by atoms with Crippen LogP contribution in [0, 0.1) is 0 Å². The largest absolute Gasteiger partial charge is 0.344 e. The van der Waals surface area contributed by atoms with Gasteiger partial charge in [-0.05, 0) is 19.4 Å². The van der Waals surface area contributed by atoms with Crippen LogP contribution in [0.3, 0.4) is 0 Å². The molecule has 1 aromatic rings. The monoisotopic (exact) mass is 235 g/mol. The highest BCUT2D eigenvalue weighted by Crippen LogP contribution is 2.31. The van der Waals surface area contributed by atoms with Crippen molar-refractivity contribution in [3.63, 3.8) is 0 Å². The zero-order chi connectivity index (χ0) is 12.3. The van der Waals surface area contributed by atoms with Crippen molar-refractivity contribution < 1.29 is 14.6 Å². The third-order valence-corrected chi connectivity index (χ3v) is 2.97. The van der Waals surface area contributed by atoms with Crippen LogP contribution in [0.25, 0.3) is 0 Å². The summed E-state index contributed by atoms with van der Waals surface area (Å²) >= 11 is 0. The molecule has 1 saturated heterocycles. The molecule has 0 unspecified atom stereocenters. The molecule has 3 heteroatoms. The second-order valence-electron chi connectivity index (χ2n) is 4.89. The minimum atomic E-state index is -0.570. The van der Waals surface area contributed by atoms with Crippen molar-refractivity contribution in [1.29, 1.82) is 0 Å². The Balaban J connectivity index is 2.03. The fraction of sp³-hybridized carbons (Fsp3) is 0.571. The minimum absolute atomic E-state index is 0.0126. The number of hydrogen-bond acceptors (Lipinski definition) is 2. The van der Waals surface area contributed by atoms with Gasteiger partial charge in [-0.15, -0.1) is 0 Å². The van der Waals surface area contributed by atoms with Crippen molar-refractivity contribution in [2.24, 2.45) is 0 Å². The van der Waals surface area contributed by atoms with Gasteiger partial charge in [0.1, 0.15) is 0 Å². The van der Waals surface area contributed by atoms with Crippen molar-refractivity contribution in [3.8, 4) is 0 Å². The molecular formula is C14H19O3. The quantitative estimate of drug-likeness (QED) is 0.804. The second kappa shape index (κ2) is 5.17. The first-order valence-electron chi connectivity index (χ1n) is 6.08. The van der Waals surface area contributed by atoms with Crippen LogP contribution >= 0.6 is 0 Å². The molecule has 2 atom stereocenters. The van der Waals surface area contributed by atoms with Crippen LogP contribution in [-0.4, -0.2) is 24.6 Å². The van der Waals surface area contributed by atoms with Crippen LogP contribution in [0.15, 0.2) is 30.3 Å². The summed E-state index contributed by atoms with van der Waals surface area (Å²) in [7, 11) is 0. The third-order valence-electron chi connectivity index (χ3n) is 2.97. The van der Waals surface area contributed by atoms with E-state index < -0.39 is 5.79 Å². The first kappa shape index (κ1) is 12.6. The average Bonchev–Trinajstić information content (AvgIpc) is 2.55. The molecule has 0 amide bonds. The maximum absolute atomic E-state index is 10.8. The van der Waals surface area contributed by atoms with Crippen LogP contribution in [0.1, 0.15) is 25.8 Å². The standard InChI is InChI=1S/C14H19O3/c1-14(2)16-12(8-9-15)13(17-14)10-11-6-4-3-5-7-11/h3-7,12-13H,8-10H2,1-2H3/t12-,13-/m0/s1. The summed E-state index contributed by atoms with van der Waals surface area (Å²) in [5.74, 6) is -0.570. The van der Waals surface area contributed by atoms with Gasteiger partial charge in [-0.25, -0.2) is 5.11 Å². The number of benzene rings is 1. The lowest BCUT2D eigenvalue weighted by Crippen LogP contribution is -2.25. The van der Waals surface area contributed by atoms with E-state index in [-0.39, 0.29) is 18.8 Å². The van der Waals surface area contributed by atoms with Crippen LogP contribution in [0.4, 0.5) is 0 Å². The Morgan fingerprint density at radius 3 is 2.41 bits per heavy atom. The molecule has 0 aromatic heterocycles. The van der Waals surface area contributed by atoms with E-state index in [1.807, 2.05) is 32.0 Å². The zero-order valence-electron chi connectivity index (χ0n) is 10.4. The molecule has 0 saturated carbocycles. The molecule has 1 aromatic carbocycles. The first-order chi connectivity index (χ1) is 8.11. The minimum Gasteiger partial charge on any atom is -0.344 e. The predicted molar refractivity (Wildman–Crippen MR) is 64.1 cm³/mol. The van der Waals surface area contributed by atoms with Gasteiger partial charge in [0, 0.05) is 12.8 Å². The topological polar surface area (TPSA) is 38.4 Å². The van der Waals surface area contributed by atoms with Crippen LogP contribution in [-0.2, 0) is 21.0 Å². The van der Waals surface area contributed by atoms with Gasteiger partial charge in [0.2, 0.25) is 0 Å². The molecule has 93 valence electrons. The van der Waals surface area contributed by atoms with Crippen molar-refractivity contribution in [2.45, 2.75) is 44.7 Å². The van der Waals surface area contributed by atoms with Crippen molar-refractivity contribution in [2.75, 3.05) is 6.61 Å². The van der Waals surface area contributed by atoms with Crippen LogP contribution in [0.2, 0.25) is 0 Å². The summed E-state index contributed by atoms with van der Waals surface area (Å²) < 4.78 is 11.6. The molecule has 2 rings (SSSR count). The van der Waals surface area contributed by atoms with E-state index in [2.05, 4.69) is 12.1 Å². The molecule has 17 heavy (non-hydrogen) atoms. The summed E-state index contributed by atoms with van der Waals surface area (Å²) in [6.45, 7) is 3.68. The predicted octanol–water partition coefficient (Wildman–Crippen LogP) is 2.57. The Labute approximate surface area is 102 Å². The third kappa shape index (κ3) is 3.28. The normalized spacial score (nSPS) is 27.2. The van der Waals surface area contributed by atoms with E-state index in [4.69, 9.17) is 9.47 Å². The molecule has 1 heterocycles. The van der Waals surface area contributed by atoms with Gasteiger partial charge in [0.15, 0.2) is 5.79 Å². The Morgan fingerprint density at radius 1 is 1.12 bits per heavy atom. The van der Waals surface area contributed by atoms with E-state index in [1.54, 1.807) is 0 Å². The highest BCUT2D eigenvalue weighted by molar-refractivity contribution is 5.16. The SMILES string of the molecule is CC1(C)O[C@@H](CC[O])[C@H](Cc2ccccc2)O1. The van der Waals surface area contributed by atoms with Gasteiger partial charge in [0.25, 0.3) is 0 Å². The average molecular weight is 235 g/mol. The fourth-order valence-corrected chi connectivity index (χ4v) is 2.29. The second-order valence-corrected chi connectivity index (χ2v) is 4.89. The van der Waals surface area contributed by atoms with E-state index in [0.29, 0.717) is 6.42 Å². The Bertz CT molecular complexity index is 348. The molecule has 1 aliphatic rings. The number of rotatable bonds is 4. The molecule has 0 aliphatic carbocycles. The van der Waals surface area contributed by atoms with Crippen LogP contribution in [0.5, 0.6) is 0 Å². The molecule has 1 aliphatic heterocycles. The smallest absolute Gasteiger partial charge is 0.163 e.